The Labute approximate surface area is 171 Å². The number of nitrogens with zero attached hydrogens (tertiary/aromatic N) is 2. The summed E-state index contributed by atoms with van der Waals surface area (Å²) in [4.78, 5) is 18.7. The maximum Gasteiger partial charge on any atom is 0.234 e. The van der Waals surface area contributed by atoms with Crippen molar-refractivity contribution in [2.24, 2.45) is 22.6 Å². The molecule has 0 aromatic heterocycles. The second-order valence-corrected chi connectivity index (χ2v) is 8.74. The smallest absolute Gasteiger partial charge is 0.234 e. The summed E-state index contributed by atoms with van der Waals surface area (Å²) in [6, 6.07) is 4.51. The average molecular weight is 402 g/mol. The Hall–Kier alpha value is -2.12. The number of piperidine rings is 1. The lowest BCUT2D eigenvalue weighted by Gasteiger charge is -2.45. The number of phenolic OH excluding ortho intramolecular Hbond substituents is 1. The van der Waals surface area contributed by atoms with Gasteiger partial charge in [0.15, 0.2) is 0 Å². The zero-order valence-corrected chi connectivity index (χ0v) is 17.0. The van der Waals surface area contributed by atoms with E-state index in [9.17, 15) is 15.0 Å². The van der Waals surface area contributed by atoms with Crippen molar-refractivity contribution in [3.05, 3.63) is 29.3 Å². The van der Waals surface area contributed by atoms with Gasteiger partial charge in [0, 0.05) is 24.2 Å². The zero-order chi connectivity index (χ0) is 20.5. The van der Waals surface area contributed by atoms with E-state index < -0.39 is 12.1 Å². The molecular formula is C22H31N3O4. The minimum absolute atomic E-state index is 0.192. The standard InChI is InChI=1S/C22H31N3O4/c1-13-16(7-4-8-19(13)26)22-24-17(12-29-22)20(27)11-25-10-15-6-3-2-5-14(15)9-18(25)21(23)28/h4,7-8,14-15,17-18,20,26-27H,2-3,5-6,9-12H2,1H3,(H2,23,28)/t14?,15?,17-,18?,20?/m0/s1. The van der Waals surface area contributed by atoms with Crippen LogP contribution in [0.2, 0.25) is 0 Å². The monoisotopic (exact) mass is 401 g/mol. The number of aliphatic hydroxyl groups excluding tert-OH is 1. The number of phenols is 1. The molecule has 4 N–H and O–H groups in total. The van der Waals surface area contributed by atoms with E-state index in [-0.39, 0.29) is 24.3 Å². The van der Waals surface area contributed by atoms with Gasteiger partial charge in [-0.2, -0.15) is 0 Å². The quantitative estimate of drug-likeness (QED) is 0.694. The molecule has 29 heavy (non-hydrogen) atoms. The van der Waals surface area contributed by atoms with Gasteiger partial charge in [-0.3, -0.25) is 9.69 Å². The van der Waals surface area contributed by atoms with E-state index in [2.05, 4.69) is 9.89 Å². The largest absolute Gasteiger partial charge is 0.508 e. The lowest BCUT2D eigenvalue weighted by molar-refractivity contribution is -0.127. The number of aromatic hydroxyl groups is 1. The van der Waals surface area contributed by atoms with Crippen LogP contribution >= 0.6 is 0 Å². The first-order valence-corrected chi connectivity index (χ1v) is 10.6. The number of aliphatic imine (C=N–C) groups is 1. The number of hydrogen-bond acceptors (Lipinski definition) is 6. The van der Waals surface area contributed by atoms with Crippen LogP contribution in [0.3, 0.4) is 0 Å². The molecule has 1 aromatic carbocycles. The Kier molecular flexibility index (Phi) is 5.79. The SMILES string of the molecule is Cc1c(O)cccc1C1=N[C@H](C(O)CN2CC3CCCCC3CC2C(N)=O)CO1. The van der Waals surface area contributed by atoms with E-state index in [1.165, 1.54) is 25.7 Å². The lowest BCUT2D eigenvalue weighted by atomic mass is 9.72. The molecule has 0 bridgehead atoms. The maximum absolute atomic E-state index is 12.1. The van der Waals surface area contributed by atoms with E-state index in [1.807, 2.05) is 13.0 Å². The van der Waals surface area contributed by atoms with Crippen molar-refractivity contribution in [2.45, 2.75) is 57.2 Å². The number of amides is 1. The van der Waals surface area contributed by atoms with Crippen LogP contribution in [-0.2, 0) is 9.53 Å². The number of ether oxygens (including phenoxy) is 1. The van der Waals surface area contributed by atoms with Gasteiger partial charge in [0.1, 0.15) is 18.4 Å². The van der Waals surface area contributed by atoms with Crippen LogP contribution in [0.25, 0.3) is 0 Å². The molecule has 158 valence electrons. The van der Waals surface area contributed by atoms with Gasteiger partial charge in [0.2, 0.25) is 11.8 Å². The minimum atomic E-state index is -0.743. The van der Waals surface area contributed by atoms with Gasteiger partial charge in [-0.25, -0.2) is 4.99 Å². The molecule has 5 atom stereocenters. The van der Waals surface area contributed by atoms with Gasteiger partial charge in [-0.15, -0.1) is 0 Å². The van der Waals surface area contributed by atoms with Crippen molar-refractivity contribution >= 4 is 11.8 Å². The minimum Gasteiger partial charge on any atom is -0.508 e. The van der Waals surface area contributed by atoms with Crippen LogP contribution in [0.4, 0.5) is 0 Å². The molecule has 0 radical (unpaired) electrons. The summed E-state index contributed by atoms with van der Waals surface area (Å²) >= 11 is 0. The fourth-order valence-corrected chi connectivity index (χ4v) is 5.15. The molecule has 0 spiro atoms. The Morgan fingerprint density at radius 1 is 1.34 bits per heavy atom. The Balaban J connectivity index is 1.45. The number of hydrogen-bond donors (Lipinski definition) is 3. The summed E-state index contributed by atoms with van der Waals surface area (Å²) in [6.45, 7) is 3.27. The van der Waals surface area contributed by atoms with Crippen molar-refractivity contribution in [3.63, 3.8) is 0 Å². The predicted molar refractivity (Wildman–Crippen MR) is 110 cm³/mol. The summed E-state index contributed by atoms with van der Waals surface area (Å²) in [7, 11) is 0. The van der Waals surface area contributed by atoms with Crippen molar-refractivity contribution in [2.75, 3.05) is 19.7 Å². The van der Waals surface area contributed by atoms with Crippen LogP contribution in [0.1, 0.15) is 43.2 Å². The molecule has 2 fully saturated rings. The van der Waals surface area contributed by atoms with Gasteiger partial charge >= 0.3 is 0 Å². The predicted octanol–water partition coefficient (Wildman–Crippen LogP) is 1.57. The summed E-state index contributed by atoms with van der Waals surface area (Å²) < 4.78 is 5.73. The Morgan fingerprint density at radius 2 is 2.10 bits per heavy atom. The third kappa shape index (κ3) is 4.12. The molecule has 1 saturated heterocycles. The summed E-state index contributed by atoms with van der Waals surface area (Å²) in [5.41, 5.74) is 7.14. The summed E-state index contributed by atoms with van der Waals surface area (Å²) in [5.74, 6) is 1.49. The molecule has 1 aromatic rings. The third-order valence-corrected chi connectivity index (χ3v) is 6.91. The molecule has 1 amide bonds. The number of benzene rings is 1. The van der Waals surface area contributed by atoms with Crippen molar-refractivity contribution in [1.29, 1.82) is 0 Å². The molecule has 3 aliphatic rings. The Morgan fingerprint density at radius 3 is 2.86 bits per heavy atom. The maximum atomic E-state index is 12.1. The van der Waals surface area contributed by atoms with Gasteiger partial charge in [0.25, 0.3) is 0 Å². The highest BCUT2D eigenvalue weighted by Gasteiger charge is 2.40. The molecule has 1 aliphatic carbocycles. The lowest BCUT2D eigenvalue weighted by Crippen LogP contribution is -2.56. The normalized spacial score (nSPS) is 30.9. The zero-order valence-electron chi connectivity index (χ0n) is 17.0. The van der Waals surface area contributed by atoms with Crippen molar-refractivity contribution < 1.29 is 19.7 Å². The second-order valence-electron chi connectivity index (χ2n) is 8.74. The van der Waals surface area contributed by atoms with Crippen molar-refractivity contribution in [1.82, 2.24) is 4.90 Å². The highest BCUT2D eigenvalue weighted by molar-refractivity contribution is 5.97. The number of rotatable bonds is 5. The third-order valence-electron chi connectivity index (χ3n) is 6.91. The fourth-order valence-electron chi connectivity index (χ4n) is 5.15. The highest BCUT2D eigenvalue weighted by Crippen LogP contribution is 2.38. The Bertz CT molecular complexity index is 796. The number of carbonyl (C=O) groups is 1. The van der Waals surface area contributed by atoms with Crippen LogP contribution in [-0.4, -0.2) is 64.8 Å². The van der Waals surface area contributed by atoms with Crippen LogP contribution in [0.5, 0.6) is 5.75 Å². The van der Waals surface area contributed by atoms with Crippen LogP contribution < -0.4 is 5.73 Å². The molecule has 7 nitrogen and oxygen atoms in total. The second kappa shape index (κ2) is 8.32. The van der Waals surface area contributed by atoms with Gasteiger partial charge in [0.05, 0.1) is 12.1 Å². The number of primary amides is 1. The molecule has 2 heterocycles. The van der Waals surface area contributed by atoms with Crippen LogP contribution in [0.15, 0.2) is 23.2 Å². The van der Waals surface area contributed by atoms with E-state index in [4.69, 9.17) is 10.5 Å². The first-order valence-electron chi connectivity index (χ1n) is 10.6. The van der Waals surface area contributed by atoms with Gasteiger partial charge < -0.3 is 20.7 Å². The fraction of sp³-hybridized carbons (Fsp3) is 0.636. The summed E-state index contributed by atoms with van der Waals surface area (Å²) in [5, 5.41) is 20.8. The van der Waals surface area contributed by atoms with E-state index in [0.717, 1.165) is 18.5 Å². The number of nitrogens with two attached hydrogens (primary N) is 1. The molecule has 7 heteroatoms. The first-order chi connectivity index (χ1) is 13.9. The summed E-state index contributed by atoms with van der Waals surface area (Å²) in [6.07, 6.45) is 4.90. The average Bonchev–Trinajstić information content (AvgIpc) is 3.19. The van der Waals surface area contributed by atoms with E-state index in [0.29, 0.717) is 29.8 Å². The number of aliphatic hydroxyl groups is 1. The van der Waals surface area contributed by atoms with E-state index >= 15 is 0 Å². The highest BCUT2D eigenvalue weighted by atomic mass is 16.5. The first kappa shape index (κ1) is 20.2. The number of likely N-dealkylation sites (tertiary alicyclic amines) is 1. The molecule has 1 saturated carbocycles. The van der Waals surface area contributed by atoms with Gasteiger partial charge in [-0.05, 0) is 43.7 Å². The topological polar surface area (TPSA) is 108 Å². The van der Waals surface area contributed by atoms with Crippen LogP contribution in [0, 0.1) is 18.8 Å². The molecule has 4 unspecified atom stereocenters. The molecular weight excluding hydrogens is 370 g/mol. The van der Waals surface area contributed by atoms with E-state index in [1.54, 1.807) is 12.1 Å². The number of β-amino-alcohol motifs (C(OH)–C–C–N with tert-alkyl or cyclic N) is 1. The molecule has 4 rings (SSSR count). The number of carbonyl (C=O) groups excluding carboxylic acids is 1. The van der Waals surface area contributed by atoms with Crippen molar-refractivity contribution in [3.8, 4) is 5.75 Å². The molecule has 2 aliphatic heterocycles. The van der Waals surface area contributed by atoms with Gasteiger partial charge in [-0.1, -0.05) is 25.3 Å². The number of fused-ring (bicyclic) bond motifs is 1.